The lowest BCUT2D eigenvalue weighted by Gasteiger charge is -2.08. The molecular formula is C26H34. The number of aryl methyl sites for hydroxylation is 4. The van der Waals surface area contributed by atoms with E-state index in [1.807, 2.05) is 13.8 Å². The van der Waals surface area contributed by atoms with Gasteiger partial charge < -0.3 is 0 Å². The zero-order valence-corrected chi connectivity index (χ0v) is 17.3. The maximum absolute atomic E-state index is 2.21. The van der Waals surface area contributed by atoms with Gasteiger partial charge >= 0.3 is 0 Å². The normalized spacial score (nSPS) is 9.46. The van der Waals surface area contributed by atoms with E-state index >= 15 is 0 Å². The second kappa shape index (κ2) is 12.1. The Bertz CT molecular complexity index is 725. The van der Waals surface area contributed by atoms with Crippen LogP contribution in [-0.4, -0.2) is 0 Å². The topological polar surface area (TPSA) is 0 Å². The highest BCUT2D eigenvalue weighted by molar-refractivity contribution is 5.70. The molecule has 0 amide bonds. The summed E-state index contributed by atoms with van der Waals surface area (Å²) in [5.41, 5.74) is 8.26. The predicted molar refractivity (Wildman–Crippen MR) is 118 cm³/mol. The van der Waals surface area contributed by atoms with Crippen molar-refractivity contribution in [3.8, 4) is 11.1 Å². The SMILES string of the molecule is CC.CCCc1ccccc1C.Cc1ccccc1-c1ccccc1C. The molecule has 0 heterocycles. The fourth-order valence-corrected chi connectivity index (χ4v) is 2.91. The average molecular weight is 347 g/mol. The molecule has 0 aliphatic heterocycles. The minimum absolute atomic E-state index is 1.21. The first kappa shape index (κ1) is 21.7. The van der Waals surface area contributed by atoms with Gasteiger partial charge in [-0.1, -0.05) is 100.0 Å². The van der Waals surface area contributed by atoms with E-state index in [1.54, 1.807) is 0 Å². The first-order valence-electron chi connectivity index (χ1n) is 9.79. The van der Waals surface area contributed by atoms with Gasteiger partial charge in [0, 0.05) is 0 Å². The lowest BCUT2D eigenvalue weighted by molar-refractivity contribution is 0.913. The summed E-state index contributed by atoms with van der Waals surface area (Å²) in [4.78, 5) is 0. The van der Waals surface area contributed by atoms with Gasteiger partial charge in [0.15, 0.2) is 0 Å². The lowest BCUT2D eigenvalue weighted by Crippen LogP contribution is -1.85. The molecule has 26 heavy (non-hydrogen) atoms. The molecule has 0 aromatic heterocycles. The zero-order chi connectivity index (χ0) is 19.4. The van der Waals surface area contributed by atoms with Gasteiger partial charge in [-0.15, -0.1) is 0 Å². The van der Waals surface area contributed by atoms with E-state index in [2.05, 4.69) is 100 Å². The zero-order valence-electron chi connectivity index (χ0n) is 17.3. The van der Waals surface area contributed by atoms with Gasteiger partial charge in [0.05, 0.1) is 0 Å². The van der Waals surface area contributed by atoms with Crippen LogP contribution in [0.15, 0.2) is 72.8 Å². The van der Waals surface area contributed by atoms with Crippen molar-refractivity contribution in [3.63, 3.8) is 0 Å². The van der Waals surface area contributed by atoms with Crippen molar-refractivity contribution < 1.29 is 0 Å². The Kier molecular flexibility index (Phi) is 10.1. The summed E-state index contributed by atoms with van der Waals surface area (Å²) >= 11 is 0. The highest BCUT2D eigenvalue weighted by Crippen LogP contribution is 2.25. The predicted octanol–water partition coefficient (Wildman–Crippen LogP) is 7.94. The Hall–Kier alpha value is -2.34. The van der Waals surface area contributed by atoms with Crippen LogP contribution in [0.4, 0.5) is 0 Å². The molecule has 0 nitrogen and oxygen atoms in total. The molecule has 0 spiro atoms. The minimum Gasteiger partial charge on any atom is -0.0683 e. The molecule has 138 valence electrons. The van der Waals surface area contributed by atoms with Gasteiger partial charge in [-0.2, -0.15) is 0 Å². The molecule has 0 radical (unpaired) electrons. The summed E-state index contributed by atoms with van der Waals surface area (Å²) in [7, 11) is 0. The number of hydrogen-bond donors (Lipinski definition) is 0. The Morgan fingerprint density at radius 1 is 0.538 bits per heavy atom. The van der Waals surface area contributed by atoms with Gasteiger partial charge in [-0.3, -0.25) is 0 Å². The second-order valence-corrected chi connectivity index (χ2v) is 6.31. The van der Waals surface area contributed by atoms with Gasteiger partial charge in [0.25, 0.3) is 0 Å². The maximum atomic E-state index is 2.21. The van der Waals surface area contributed by atoms with E-state index in [1.165, 1.54) is 46.2 Å². The molecule has 0 unspecified atom stereocenters. The molecular weight excluding hydrogens is 312 g/mol. The van der Waals surface area contributed by atoms with Crippen LogP contribution in [0, 0.1) is 20.8 Å². The molecule has 0 saturated heterocycles. The molecule has 3 rings (SSSR count). The molecule has 0 atom stereocenters. The fraction of sp³-hybridized carbons (Fsp3) is 0.308. The first-order chi connectivity index (χ1) is 12.6. The van der Waals surface area contributed by atoms with Crippen molar-refractivity contribution in [1.29, 1.82) is 0 Å². The van der Waals surface area contributed by atoms with Crippen molar-refractivity contribution in [1.82, 2.24) is 0 Å². The van der Waals surface area contributed by atoms with Crippen molar-refractivity contribution in [2.75, 3.05) is 0 Å². The van der Waals surface area contributed by atoms with E-state index in [4.69, 9.17) is 0 Å². The van der Waals surface area contributed by atoms with Crippen molar-refractivity contribution in [2.24, 2.45) is 0 Å². The highest BCUT2D eigenvalue weighted by Gasteiger charge is 2.02. The van der Waals surface area contributed by atoms with Crippen LogP contribution in [0.1, 0.15) is 49.4 Å². The van der Waals surface area contributed by atoms with E-state index in [0.29, 0.717) is 0 Å². The lowest BCUT2D eigenvalue weighted by atomic mass is 9.97. The van der Waals surface area contributed by atoms with Crippen LogP contribution in [0.25, 0.3) is 11.1 Å². The summed E-state index contributed by atoms with van der Waals surface area (Å²) in [6.45, 7) is 12.7. The smallest absolute Gasteiger partial charge is 0.0152 e. The van der Waals surface area contributed by atoms with Gasteiger partial charge in [0.1, 0.15) is 0 Å². The van der Waals surface area contributed by atoms with Crippen LogP contribution in [-0.2, 0) is 6.42 Å². The molecule has 3 aromatic carbocycles. The summed E-state index contributed by atoms with van der Waals surface area (Å²) in [6.07, 6.45) is 2.46. The average Bonchev–Trinajstić information content (AvgIpc) is 2.67. The highest BCUT2D eigenvalue weighted by atomic mass is 14.1. The summed E-state index contributed by atoms with van der Waals surface area (Å²) in [6, 6.07) is 25.6. The summed E-state index contributed by atoms with van der Waals surface area (Å²) in [5, 5.41) is 0. The summed E-state index contributed by atoms with van der Waals surface area (Å²) in [5.74, 6) is 0. The third-order valence-corrected chi connectivity index (χ3v) is 4.36. The maximum Gasteiger partial charge on any atom is -0.0152 e. The van der Waals surface area contributed by atoms with Crippen LogP contribution >= 0.6 is 0 Å². The fourth-order valence-electron chi connectivity index (χ4n) is 2.91. The van der Waals surface area contributed by atoms with Crippen molar-refractivity contribution in [3.05, 3.63) is 95.1 Å². The quantitative estimate of drug-likeness (QED) is 0.451. The third kappa shape index (κ3) is 6.52. The van der Waals surface area contributed by atoms with Gasteiger partial charge in [-0.05, 0) is 60.6 Å². The van der Waals surface area contributed by atoms with Crippen molar-refractivity contribution >= 4 is 0 Å². The minimum atomic E-state index is 1.21. The van der Waals surface area contributed by atoms with E-state index in [-0.39, 0.29) is 0 Å². The van der Waals surface area contributed by atoms with E-state index in [0.717, 1.165) is 0 Å². The Balaban J connectivity index is 0.000000249. The largest absolute Gasteiger partial charge is 0.0683 e. The number of hydrogen-bond acceptors (Lipinski definition) is 0. The van der Waals surface area contributed by atoms with Crippen LogP contribution in [0.3, 0.4) is 0 Å². The molecule has 0 fully saturated rings. The molecule has 0 saturated carbocycles. The van der Waals surface area contributed by atoms with Gasteiger partial charge in [-0.25, -0.2) is 0 Å². The monoisotopic (exact) mass is 346 g/mol. The van der Waals surface area contributed by atoms with Crippen LogP contribution in [0.2, 0.25) is 0 Å². The molecule has 3 aromatic rings. The summed E-state index contributed by atoms with van der Waals surface area (Å²) < 4.78 is 0. The standard InChI is InChI=1S/C14H14.C10H14.C2H6/c1-11-7-3-5-9-13(11)14-10-6-4-8-12(14)2;1-3-6-10-8-5-4-7-9(10)2;1-2/h3-10H,1-2H3;4-5,7-8H,3,6H2,1-2H3;1-2H3. The van der Waals surface area contributed by atoms with E-state index in [9.17, 15) is 0 Å². The van der Waals surface area contributed by atoms with Crippen molar-refractivity contribution in [2.45, 2.75) is 54.4 Å². The third-order valence-electron chi connectivity index (χ3n) is 4.36. The second-order valence-electron chi connectivity index (χ2n) is 6.31. The molecule has 0 aliphatic rings. The van der Waals surface area contributed by atoms with E-state index < -0.39 is 0 Å². The Labute approximate surface area is 160 Å². The molecule has 0 heteroatoms. The Morgan fingerprint density at radius 3 is 1.31 bits per heavy atom. The molecule has 0 N–H and O–H groups in total. The van der Waals surface area contributed by atoms with Gasteiger partial charge in [0.2, 0.25) is 0 Å². The Morgan fingerprint density at radius 2 is 0.923 bits per heavy atom. The number of benzene rings is 3. The van der Waals surface area contributed by atoms with Crippen LogP contribution < -0.4 is 0 Å². The molecule has 0 aliphatic carbocycles. The molecule has 0 bridgehead atoms. The van der Waals surface area contributed by atoms with Crippen LogP contribution in [0.5, 0.6) is 0 Å². The first-order valence-corrected chi connectivity index (χ1v) is 9.79. The number of rotatable bonds is 3.